The van der Waals surface area contributed by atoms with E-state index in [-0.39, 0.29) is 11.6 Å². The molecule has 0 heterocycles. The zero-order valence-corrected chi connectivity index (χ0v) is 11.1. The van der Waals surface area contributed by atoms with Crippen molar-refractivity contribution in [3.63, 3.8) is 0 Å². The first-order valence-electron chi connectivity index (χ1n) is 5.71. The van der Waals surface area contributed by atoms with Gasteiger partial charge in [0, 0.05) is 5.56 Å². The molecular weight excluding hydrogens is 251 g/mol. The van der Waals surface area contributed by atoms with Gasteiger partial charge in [-0.1, -0.05) is 41.4 Å². The molecule has 3 heteroatoms. The van der Waals surface area contributed by atoms with E-state index in [0.717, 1.165) is 11.3 Å². The second-order valence-electron chi connectivity index (χ2n) is 4.27. The number of ether oxygens (including phenoxy) is 1. The first kappa shape index (κ1) is 12.9. The van der Waals surface area contributed by atoms with Crippen molar-refractivity contribution in [2.24, 2.45) is 0 Å². The minimum Gasteiger partial charge on any atom is -0.489 e. The molecule has 2 aromatic rings. The number of hydrogen-bond donors (Lipinski definition) is 0. The molecule has 0 aliphatic carbocycles. The molecule has 0 saturated heterocycles. The van der Waals surface area contributed by atoms with E-state index in [1.165, 1.54) is 11.6 Å². The second kappa shape index (κ2) is 5.40. The highest BCUT2D eigenvalue weighted by Crippen LogP contribution is 2.23. The third-order valence-electron chi connectivity index (χ3n) is 2.75. The quantitative estimate of drug-likeness (QED) is 0.782. The Balaban J connectivity index is 2.14. The topological polar surface area (TPSA) is 9.23 Å². The van der Waals surface area contributed by atoms with Crippen LogP contribution in [0.1, 0.15) is 16.7 Å². The molecule has 0 atom stereocenters. The van der Waals surface area contributed by atoms with Gasteiger partial charge >= 0.3 is 0 Å². The van der Waals surface area contributed by atoms with Crippen molar-refractivity contribution in [1.29, 1.82) is 0 Å². The van der Waals surface area contributed by atoms with E-state index in [2.05, 4.69) is 0 Å². The number of benzene rings is 2. The molecule has 1 nitrogen and oxygen atoms in total. The van der Waals surface area contributed by atoms with Crippen LogP contribution in [0.4, 0.5) is 4.39 Å². The van der Waals surface area contributed by atoms with Crippen LogP contribution in [-0.2, 0) is 6.61 Å². The standard InChI is InChI=1S/C15H14ClFO/c1-10-6-7-14(11(2)8-10)18-9-12-4-3-5-13(17)15(12)16/h3-8H,9H2,1-2H3. The highest BCUT2D eigenvalue weighted by molar-refractivity contribution is 6.31. The number of hydrogen-bond acceptors (Lipinski definition) is 1. The molecule has 0 fully saturated rings. The number of rotatable bonds is 3. The van der Waals surface area contributed by atoms with Gasteiger partial charge in [-0.15, -0.1) is 0 Å². The fourth-order valence-corrected chi connectivity index (χ4v) is 1.96. The average Bonchev–Trinajstić information content (AvgIpc) is 2.33. The zero-order valence-electron chi connectivity index (χ0n) is 10.3. The van der Waals surface area contributed by atoms with Gasteiger partial charge in [0.25, 0.3) is 0 Å². The Kier molecular flexibility index (Phi) is 3.87. The van der Waals surface area contributed by atoms with Crippen LogP contribution < -0.4 is 4.74 Å². The van der Waals surface area contributed by atoms with Crippen LogP contribution in [0.25, 0.3) is 0 Å². The zero-order chi connectivity index (χ0) is 13.1. The van der Waals surface area contributed by atoms with Gasteiger partial charge in [0.05, 0.1) is 5.02 Å². The molecule has 0 aliphatic heterocycles. The lowest BCUT2D eigenvalue weighted by Crippen LogP contribution is -1.99. The molecule has 0 radical (unpaired) electrons. The summed E-state index contributed by atoms with van der Waals surface area (Å²) in [7, 11) is 0. The van der Waals surface area contributed by atoms with Gasteiger partial charge in [-0.25, -0.2) is 4.39 Å². The lowest BCUT2D eigenvalue weighted by atomic mass is 10.1. The van der Waals surface area contributed by atoms with Crippen LogP contribution >= 0.6 is 11.6 Å². The SMILES string of the molecule is Cc1ccc(OCc2cccc(F)c2Cl)c(C)c1. The van der Waals surface area contributed by atoms with Crippen molar-refractivity contribution in [2.45, 2.75) is 20.5 Å². The van der Waals surface area contributed by atoms with Crippen molar-refractivity contribution in [1.82, 2.24) is 0 Å². The van der Waals surface area contributed by atoms with Crippen molar-refractivity contribution in [2.75, 3.05) is 0 Å². The van der Waals surface area contributed by atoms with Gasteiger partial charge in [0.1, 0.15) is 18.2 Å². The maximum absolute atomic E-state index is 13.2. The Bertz CT molecular complexity index is 566. The number of aryl methyl sites for hydroxylation is 2. The molecule has 0 saturated carbocycles. The maximum atomic E-state index is 13.2. The molecule has 2 aromatic carbocycles. The molecule has 0 unspecified atom stereocenters. The smallest absolute Gasteiger partial charge is 0.142 e. The molecule has 0 N–H and O–H groups in total. The molecule has 18 heavy (non-hydrogen) atoms. The second-order valence-corrected chi connectivity index (χ2v) is 4.65. The minimum atomic E-state index is -0.418. The summed E-state index contributed by atoms with van der Waals surface area (Å²) in [6.45, 7) is 4.27. The predicted octanol–water partition coefficient (Wildman–Crippen LogP) is 4.67. The monoisotopic (exact) mass is 264 g/mol. The lowest BCUT2D eigenvalue weighted by Gasteiger charge is -2.11. The van der Waals surface area contributed by atoms with Gasteiger partial charge < -0.3 is 4.74 Å². The molecule has 94 valence electrons. The van der Waals surface area contributed by atoms with Crippen molar-refractivity contribution >= 4 is 11.6 Å². The molecular formula is C15H14ClFO. The Morgan fingerprint density at radius 1 is 1.17 bits per heavy atom. The van der Waals surface area contributed by atoms with Crippen LogP contribution in [0.5, 0.6) is 5.75 Å². The molecule has 0 bridgehead atoms. The van der Waals surface area contributed by atoms with Gasteiger partial charge in [0.15, 0.2) is 0 Å². The summed E-state index contributed by atoms with van der Waals surface area (Å²) < 4.78 is 18.9. The van der Waals surface area contributed by atoms with Crippen LogP contribution in [0.3, 0.4) is 0 Å². The van der Waals surface area contributed by atoms with E-state index in [0.29, 0.717) is 5.56 Å². The molecule has 2 rings (SSSR count). The maximum Gasteiger partial charge on any atom is 0.142 e. The summed E-state index contributed by atoms with van der Waals surface area (Å²) in [6, 6.07) is 10.7. The van der Waals surface area contributed by atoms with E-state index in [1.54, 1.807) is 12.1 Å². The first-order chi connectivity index (χ1) is 8.58. The third-order valence-corrected chi connectivity index (χ3v) is 3.17. The van der Waals surface area contributed by atoms with E-state index < -0.39 is 5.82 Å². The molecule has 0 amide bonds. The Morgan fingerprint density at radius 2 is 1.94 bits per heavy atom. The Morgan fingerprint density at radius 3 is 2.67 bits per heavy atom. The predicted molar refractivity (Wildman–Crippen MR) is 71.7 cm³/mol. The summed E-state index contributed by atoms with van der Waals surface area (Å²) in [5, 5.41) is 0.127. The largest absolute Gasteiger partial charge is 0.489 e. The Labute approximate surface area is 111 Å². The first-order valence-corrected chi connectivity index (χ1v) is 6.08. The normalized spacial score (nSPS) is 10.4. The van der Waals surface area contributed by atoms with Gasteiger partial charge in [-0.3, -0.25) is 0 Å². The highest BCUT2D eigenvalue weighted by Gasteiger charge is 2.07. The van der Waals surface area contributed by atoms with Crippen molar-refractivity contribution < 1.29 is 9.13 Å². The fraction of sp³-hybridized carbons (Fsp3) is 0.200. The van der Waals surface area contributed by atoms with Gasteiger partial charge in [-0.05, 0) is 31.5 Å². The van der Waals surface area contributed by atoms with Crippen LogP contribution in [0, 0.1) is 19.7 Å². The van der Waals surface area contributed by atoms with Crippen LogP contribution in [0.2, 0.25) is 5.02 Å². The van der Waals surface area contributed by atoms with Crippen molar-refractivity contribution in [3.8, 4) is 5.75 Å². The van der Waals surface area contributed by atoms with E-state index in [9.17, 15) is 4.39 Å². The summed E-state index contributed by atoms with van der Waals surface area (Å²) in [5.41, 5.74) is 2.89. The highest BCUT2D eigenvalue weighted by atomic mass is 35.5. The Hall–Kier alpha value is -1.54. The summed E-state index contributed by atoms with van der Waals surface area (Å²) in [4.78, 5) is 0. The molecule has 0 aliphatic rings. The average molecular weight is 265 g/mol. The van der Waals surface area contributed by atoms with E-state index in [1.807, 2.05) is 32.0 Å². The lowest BCUT2D eigenvalue weighted by molar-refractivity contribution is 0.303. The van der Waals surface area contributed by atoms with Crippen LogP contribution in [-0.4, -0.2) is 0 Å². The minimum absolute atomic E-state index is 0.127. The van der Waals surface area contributed by atoms with Gasteiger partial charge in [-0.2, -0.15) is 0 Å². The summed E-state index contributed by atoms with van der Waals surface area (Å²) >= 11 is 5.87. The molecule has 0 aromatic heterocycles. The van der Waals surface area contributed by atoms with Crippen molar-refractivity contribution in [3.05, 3.63) is 63.9 Å². The third kappa shape index (κ3) is 2.82. The van der Waals surface area contributed by atoms with Gasteiger partial charge in [0.2, 0.25) is 0 Å². The van der Waals surface area contributed by atoms with Crippen LogP contribution in [0.15, 0.2) is 36.4 Å². The van der Waals surface area contributed by atoms with E-state index in [4.69, 9.17) is 16.3 Å². The fourth-order valence-electron chi connectivity index (χ4n) is 1.78. The summed E-state index contributed by atoms with van der Waals surface area (Å²) in [5.74, 6) is 0.374. The molecule has 0 spiro atoms. The van der Waals surface area contributed by atoms with E-state index >= 15 is 0 Å². The number of halogens is 2. The summed E-state index contributed by atoms with van der Waals surface area (Å²) in [6.07, 6.45) is 0.